The maximum absolute atomic E-state index is 12.1. The Morgan fingerprint density at radius 1 is 1.30 bits per heavy atom. The summed E-state index contributed by atoms with van der Waals surface area (Å²) in [6.07, 6.45) is 0.817. The summed E-state index contributed by atoms with van der Waals surface area (Å²) in [4.78, 5) is 0. The third-order valence-electron chi connectivity index (χ3n) is 2.73. The lowest BCUT2D eigenvalue weighted by Gasteiger charge is -2.15. The Labute approximate surface area is 117 Å². The number of hydrogen-bond donors (Lipinski definition) is 2. The molecule has 0 saturated carbocycles. The number of benzene rings is 1. The summed E-state index contributed by atoms with van der Waals surface area (Å²) in [7, 11) is 0. The number of halogens is 2. The third-order valence-corrected chi connectivity index (χ3v) is 2.73. The van der Waals surface area contributed by atoms with E-state index in [1.54, 1.807) is 12.1 Å². The van der Waals surface area contributed by atoms with E-state index in [0.717, 1.165) is 18.5 Å². The van der Waals surface area contributed by atoms with Crippen LogP contribution in [-0.4, -0.2) is 38.1 Å². The van der Waals surface area contributed by atoms with Crippen LogP contribution in [0.5, 0.6) is 5.75 Å². The van der Waals surface area contributed by atoms with Crippen molar-refractivity contribution < 1.29 is 23.4 Å². The molecule has 0 heterocycles. The molecule has 0 aromatic heterocycles. The number of aliphatic hydroxyl groups excluding tert-OH is 1. The molecule has 0 aliphatic carbocycles. The van der Waals surface area contributed by atoms with Gasteiger partial charge in [-0.05, 0) is 37.6 Å². The molecule has 1 unspecified atom stereocenters. The first kappa shape index (κ1) is 16.8. The van der Waals surface area contributed by atoms with E-state index in [2.05, 4.69) is 10.1 Å². The van der Waals surface area contributed by atoms with E-state index >= 15 is 0 Å². The molecule has 1 aromatic carbocycles. The van der Waals surface area contributed by atoms with Gasteiger partial charge in [-0.25, -0.2) is 0 Å². The average molecular weight is 289 g/mol. The van der Waals surface area contributed by atoms with Crippen LogP contribution in [0.1, 0.15) is 24.9 Å². The maximum atomic E-state index is 12.1. The zero-order valence-electron chi connectivity index (χ0n) is 11.5. The molecule has 0 fully saturated rings. The lowest BCUT2D eigenvalue weighted by atomic mass is 10.1. The predicted molar refractivity (Wildman–Crippen MR) is 72.0 cm³/mol. The minimum Gasteiger partial charge on any atom is -0.435 e. The van der Waals surface area contributed by atoms with E-state index in [9.17, 15) is 8.78 Å². The van der Waals surface area contributed by atoms with E-state index in [1.165, 1.54) is 6.07 Å². The lowest BCUT2D eigenvalue weighted by molar-refractivity contribution is -0.0499. The van der Waals surface area contributed by atoms with Crippen molar-refractivity contribution in [2.45, 2.75) is 26.0 Å². The van der Waals surface area contributed by atoms with E-state index in [0.29, 0.717) is 13.2 Å². The molecule has 0 spiro atoms. The van der Waals surface area contributed by atoms with Gasteiger partial charge in [0.2, 0.25) is 0 Å². The van der Waals surface area contributed by atoms with Crippen molar-refractivity contribution in [3.05, 3.63) is 29.8 Å². The molecule has 0 saturated heterocycles. The predicted octanol–water partition coefficient (Wildman–Crippen LogP) is 2.34. The lowest BCUT2D eigenvalue weighted by Crippen LogP contribution is -2.21. The highest BCUT2D eigenvalue weighted by Gasteiger charge is 2.08. The van der Waals surface area contributed by atoms with Crippen molar-refractivity contribution in [1.82, 2.24) is 5.32 Å². The Bertz CT molecular complexity index is 377. The minimum absolute atomic E-state index is 0.0285. The largest absolute Gasteiger partial charge is 0.435 e. The van der Waals surface area contributed by atoms with Crippen molar-refractivity contribution in [1.29, 1.82) is 0 Å². The van der Waals surface area contributed by atoms with Crippen LogP contribution in [0.3, 0.4) is 0 Å². The molecule has 2 N–H and O–H groups in total. The fourth-order valence-corrected chi connectivity index (χ4v) is 1.74. The van der Waals surface area contributed by atoms with Gasteiger partial charge in [0.25, 0.3) is 0 Å². The van der Waals surface area contributed by atoms with Crippen LogP contribution >= 0.6 is 0 Å². The maximum Gasteiger partial charge on any atom is 0.387 e. The monoisotopic (exact) mass is 289 g/mol. The van der Waals surface area contributed by atoms with Crippen molar-refractivity contribution in [3.8, 4) is 5.75 Å². The summed E-state index contributed by atoms with van der Waals surface area (Å²) in [5, 5.41) is 11.8. The van der Waals surface area contributed by atoms with Crippen LogP contribution < -0.4 is 10.1 Å². The molecule has 0 radical (unpaired) electrons. The second-order valence-corrected chi connectivity index (χ2v) is 4.32. The average Bonchev–Trinajstić information content (AvgIpc) is 2.42. The van der Waals surface area contributed by atoms with Gasteiger partial charge in [0.1, 0.15) is 5.75 Å². The normalized spacial score (nSPS) is 12.7. The Balaban J connectivity index is 2.33. The van der Waals surface area contributed by atoms with Gasteiger partial charge in [0.15, 0.2) is 0 Å². The zero-order valence-corrected chi connectivity index (χ0v) is 11.5. The van der Waals surface area contributed by atoms with E-state index < -0.39 is 6.61 Å². The molecule has 1 rings (SSSR count). The molecule has 20 heavy (non-hydrogen) atoms. The second-order valence-electron chi connectivity index (χ2n) is 4.32. The topological polar surface area (TPSA) is 50.7 Å². The van der Waals surface area contributed by atoms with Crippen LogP contribution in [0.2, 0.25) is 0 Å². The van der Waals surface area contributed by atoms with Crippen LogP contribution in [0, 0.1) is 0 Å². The Morgan fingerprint density at radius 2 is 2.10 bits per heavy atom. The molecular weight excluding hydrogens is 268 g/mol. The second kappa shape index (κ2) is 9.63. The number of rotatable bonds is 10. The fourth-order valence-electron chi connectivity index (χ4n) is 1.74. The number of ether oxygens (including phenoxy) is 2. The Morgan fingerprint density at radius 3 is 2.80 bits per heavy atom. The van der Waals surface area contributed by atoms with Gasteiger partial charge in [0.05, 0.1) is 13.2 Å². The van der Waals surface area contributed by atoms with Gasteiger partial charge in [-0.1, -0.05) is 12.1 Å². The molecule has 1 atom stereocenters. The molecule has 1 aromatic rings. The SMILES string of the molecule is CC(NCCCOCCO)c1cccc(OC(F)F)c1. The highest BCUT2D eigenvalue weighted by atomic mass is 19.3. The van der Waals surface area contributed by atoms with Crippen LogP contribution in [0.15, 0.2) is 24.3 Å². The highest BCUT2D eigenvalue weighted by molar-refractivity contribution is 5.30. The Kier molecular flexibility index (Phi) is 8.10. The summed E-state index contributed by atoms with van der Waals surface area (Å²) in [6.45, 7) is 0.845. The van der Waals surface area contributed by atoms with E-state index in [4.69, 9.17) is 9.84 Å². The molecule has 0 amide bonds. The van der Waals surface area contributed by atoms with E-state index in [1.807, 2.05) is 13.0 Å². The summed E-state index contributed by atoms with van der Waals surface area (Å²) in [6, 6.07) is 6.69. The molecule has 0 bridgehead atoms. The van der Waals surface area contributed by atoms with Gasteiger partial charge >= 0.3 is 6.61 Å². The van der Waals surface area contributed by atoms with Crippen molar-refractivity contribution in [2.24, 2.45) is 0 Å². The fraction of sp³-hybridized carbons (Fsp3) is 0.571. The smallest absolute Gasteiger partial charge is 0.387 e. The summed E-state index contributed by atoms with van der Waals surface area (Å²) >= 11 is 0. The number of hydrogen-bond acceptors (Lipinski definition) is 4. The molecule has 4 nitrogen and oxygen atoms in total. The van der Waals surface area contributed by atoms with Crippen LogP contribution in [0.25, 0.3) is 0 Å². The molecule has 114 valence electrons. The number of nitrogens with one attached hydrogen (secondary N) is 1. The van der Waals surface area contributed by atoms with Crippen LogP contribution in [-0.2, 0) is 4.74 Å². The highest BCUT2D eigenvalue weighted by Crippen LogP contribution is 2.20. The van der Waals surface area contributed by atoms with Gasteiger partial charge in [-0.15, -0.1) is 0 Å². The number of aliphatic hydroxyl groups is 1. The summed E-state index contributed by atoms with van der Waals surface area (Å²) < 4.78 is 33.8. The summed E-state index contributed by atoms with van der Waals surface area (Å²) in [5.41, 5.74) is 0.888. The Hall–Kier alpha value is -1.24. The molecule has 6 heteroatoms. The molecule has 0 aliphatic rings. The standard InChI is InChI=1S/C14H21F2NO3/c1-11(17-6-3-8-19-9-7-18)12-4-2-5-13(10-12)20-14(15)16/h2,4-5,10-11,14,17-18H,3,6-9H2,1H3. The van der Waals surface area contributed by atoms with Crippen molar-refractivity contribution >= 4 is 0 Å². The first-order valence-electron chi connectivity index (χ1n) is 6.60. The van der Waals surface area contributed by atoms with Crippen molar-refractivity contribution in [3.63, 3.8) is 0 Å². The molecule has 0 aliphatic heterocycles. The number of alkyl halides is 2. The van der Waals surface area contributed by atoms with Gasteiger partial charge in [0, 0.05) is 12.6 Å². The zero-order chi connectivity index (χ0) is 14.8. The van der Waals surface area contributed by atoms with Gasteiger partial charge in [-0.3, -0.25) is 0 Å². The van der Waals surface area contributed by atoms with Gasteiger partial charge < -0.3 is 19.9 Å². The first-order valence-corrected chi connectivity index (χ1v) is 6.60. The third kappa shape index (κ3) is 6.79. The van der Waals surface area contributed by atoms with Crippen LogP contribution in [0.4, 0.5) is 8.78 Å². The van der Waals surface area contributed by atoms with Crippen molar-refractivity contribution in [2.75, 3.05) is 26.4 Å². The van der Waals surface area contributed by atoms with Gasteiger partial charge in [-0.2, -0.15) is 8.78 Å². The molecular formula is C14H21F2NO3. The van der Waals surface area contributed by atoms with E-state index in [-0.39, 0.29) is 18.4 Å². The minimum atomic E-state index is -2.81. The first-order chi connectivity index (χ1) is 9.63. The summed E-state index contributed by atoms with van der Waals surface area (Å²) in [5.74, 6) is 0.164. The quantitative estimate of drug-likeness (QED) is 0.649.